The molecule has 1 saturated carbocycles. The van der Waals surface area contributed by atoms with Gasteiger partial charge in [-0.05, 0) is 44.0 Å². The van der Waals surface area contributed by atoms with E-state index in [-0.39, 0.29) is 11.7 Å². The molecule has 110 valence electrons. The minimum atomic E-state index is -0.550. The third-order valence-electron chi connectivity index (χ3n) is 3.66. The second kappa shape index (κ2) is 6.72. The number of amides is 1. The fourth-order valence-electron chi connectivity index (χ4n) is 2.16. The average Bonchev–Trinajstić information content (AvgIpc) is 3.25. The van der Waals surface area contributed by atoms with E-state index in [0.29, 0.717) is 19.0 Å². The lowest BCUT2D eigenvalue weighted by Crippen LogP contribution is -2.44. The molecule has 0 spiro atoms. The van der Waals surface area contributed by atoms with Crippen LogP contribution in [0.4, 0.5) is 0 Å². The quantitative estimate of drug-likeness (QED) is 0.677. The van der Waals surface area contributed by atoms with Crippen molar-refractivity contribution in [3.63, 3.8) is 0 Å². The Morgan fingerprint density at radius 1 is 1.45 bits per heavy atom. The predicted molar refractivity (Wildman–Crippen MR) is 78.4 cm³/mol. The molecule has 0 bridgehead atoms. The van der Waals surface area contributed by atoms with Gasteiger partial charge >= 0.3 is 0 Å². The molecular weight excluding hydrogens is 254 g/mol. The largest absolute Gasteiger partial charge is 0.508 e. The fourth-order valence-corrected chi connectivity index (χ4v) is 2.16. The van der Waals surface area contributed by atoms with E-state index in [1.165, 1.54) is 12.8 Å². The van der Waals surface area contributed by atoms with E-state index in [1.807, 2.05) is 0 Å². The molecular formula is C15H23N3O2. The van der Waals surface area contributed by atoms with Crippen LogP contribution in [0.3, 0.4) is 0 Å². The van der Waals surface area contributed by atoms with Gasteiger partial charge in [0.05, 0.1) is 6.04 Å². The van der Waals surface area contributed by atoms with Crippen LogP contribution in [0.5, 0.6) is 5.75 Å². The van der Waals surface area contributed by atoms with Crippen molar-refractivity contribution in [3.05, 3.63) is 29.8 Å². The van der Waals surface area contributed by atoms with Crippen molar-refractivity contribution < 1.29 is 9.90 Å². The third kappa shape index (κ3) is 4.51. The first kappa shape index (κ1) is 14.8. The van der Waals surface area contributed by atoms with Crippen LogP contribution in [-0.2, 0) is 11.2 Å². The lowest BCUT2D eigenvalue weighted by molar-refractivity contribution is -0.122. The van der Waals surface area contributed by atoms with Crippen molar-refractivity contribution in [1.29, 1.82) is 0 Å². The number of nitrogens with two attached hydrogens (primary N) is 1. The van der Waals surface area contributed by atoms with Gasteiger partial charge in [0.1, 0.15) is 5.75 Å². The molecule has 2 rings (SSSR count). The zero-order valence-corrected chi connectivity index (χ0v) is 11.9. The van der Waals surface area contributed by atoms with Crippen molar-refractivity contribution in [3.8, 4) is 5.75 Å². The number of benzene rings is 1. The number of likely N-dealkylation sites (N-methyl/N-ethyl adjacent to an activating group) is 1. The minimum Gasteiger partial charge on any atom is -0.508 e. The van der Waals surface area contributed by atoms with Crippen LogP contribution >= 0.6 is 0 Å². The highest BCUT2D eigenvalue weighted by atomic mass is 16.3. The fraction of sp³-hybridized carbons (Fsp3) is 0.533. The second-order valence-electron chi connectivity index (χ2n) is 5.48. The molecule has 1 aromatic rings. The lowest BCUT2D eigenvalue weighted by Gasteiger charge is -2.17. The number of phenolic OH excluding ortho intramolecular Hbond substituents is 1. The number of carbonyl (C=O) groups excluding carboxylic acids is 1. The highest BCUT2D eigenvalue weighted by Gasteiger charge is 2.25. The second-order valence-corrected chi connectivity index (χ2v) is 5.48. The molecule has 5 nitrogen and oxygen atoms in total. The maximum atomic E-state index is 11.9. The van der Waals surface area contributed by atoms with Gasteiger partial charge in [-0.25, -0.2) is 0 Å². The molecule has 0 saturated heterocycles. The number of phenols is 1. The van der Waals surface area contributed by atoms with E-state index in [2.05, 4.69) is 17.3 Å². The zero-order valence-electron chi connectivity index (χ0n) is 11.9. The van der Waals surface area contributed by atoms with Crippen LogP contribution in [0.25, 0.3) is 0 Å². The van der Waals surface area contributed by atoms with Gasteiger partial charge in [-0.1, -0.05) is 12.1 Å². The summed E-state index contributed by atoms with van der Waals surface area (Å²) in [6, 6.07) is 6.92. The van der Waals surface area contributed by atoms with Crippen LogP contribution in [-0.4, -0.2) is 48.1 Å². The third-order valence-corrected chi connectivity index (χ3v) is 3.66. The molecule has 0 aromatic heterocycles. The standard InChI is InChI=1S/C15H23N3O2/c1-18(12-4-5-12)9-8-17-15(20)14(16)10-11-2-6-13(19)7-3-11/h2-3,6-7,12,14,19H,4-5,8-10,16H2,1H3,(H,17,20)/t14-/m0/s1. The Bertz CT molecular complexity index is 443. The van der Waals surface area contributed by atoms with Gasteiger partial charge in [-0.2, -0.15) is 0 Å². The smallest absolute Gasteiger partial charge is 0.237 e. The molecule has 20 heavy (non-hydrogen) atoms. The van der Waals surface area contributed by atoms with E-state index >= 15 is 0 Å². The Hall–Kier alpha value is -1.59. The van der Waals surface area contributed by atoms with Crippen molar-refractivity contribution in [2.45, 2.75) is 31.3 Å². The highest BCUT2D eigenvalue weighted by Crippen LogP contribution is 2.24. The van der Waals surface area contributed by atoms with Crippen LogP contribution in [0.15, 0.2) is 24.3 Å². The summed E-state index contributed by atoms with van der Waals surface area (Å²) in [7, 11) is 2.08. The summed E-state index contributed by atoms with van der Waals surface area (Å²) in [5.74, 6) is 0.0946. The van der Waals surface area contributed by atoms with Crippen molar-refractivity contribution in [2.75, 3.05) is 20.1 Å². The molecule has 1 aliphatic carbocycles. The molecule has 1 fully saturated rings. The van der Waals surface area contributed by atoms with E-state index < -0.39 is 6.04 Å². The SMILES string of the molecule is CN(CCNC(=O)[C@@H](N)Cc1ccc(O)cc1)C1CC1. The molecule has 0 heterocycles. The minimum absolute atomic E-state index is 0.123. The molecule has 5 heteroatoms. The number of nitrogens with zero attached hydrogens (tertiary/aromatic N) is 1. The van der Waals surface area contributed by atoms with E-state index in [4.69, 9.17) is 5.73 Å². The van der Waals surface area contributed by atoms with Crippen LogP contribution in [0.1, 0.15) is 18.4 Å². The Morgan fingerprint density at radius 3 is 2.70 bits per heavy atom. The monoisotopic (exact) mass is 277 g/mol. The first-order valence-corrected chi connectivity index (χ1v) is 7.07. The van der Waals surface area contributed by atoms with Gasteiger partial charge in [0.25, 0.3) is 0 Å². The summed E-state index contributed by atoms with van der Waals surface area (Å²) in [5, 5.41) is 12.1. The lowest BCUT2D eigenvalue weighted by atomic mass is 10.1. The van der Waals surface area contributed by atoms with Gasteiger partial charge < -0.3 is 21.1 Å². The summed E-state index contributed by atoms with van der Waals surface area (Å²) in [6.07, 6.45) is 3.01. The van der Waals surface area contributed by atoms with Crippen molar-refractivity contribution in [2.24, 2.45) is 5.73 Å². The Labute approximate surface area is 119 Å². The van der Waals surface area contributed by atoms with E-state index in [1.54, 1.807) is 24.3 Å². The number of aromatic hydroxyl groups is 1. The number of nitrogens with one attached hydrogen (secondary N) is 1. The van der Waals surface area contributed by atoms with Crippen molar-refractivity contribution in [1.82, 2.24) is 10.2 Å². The zero-order chi connectivity index (χ0) is 14.5. The van der Waals surface area contributed by atoms with Crippen LogP contribution in [0, 0.1) is 0 Å². The Balaban J connectivity index is 1.69. The Morgan fingerprint density at radius 2 is 2.10 bits per heavy atom. The molecule has 0 unspecified atom stereocenters. The maximum Gasteiger partial charge on any atom is 0.237 e. The summed E-state index contributed by atoms with van der Waals surface area (Å²) in [4.78, 5) is 14.1. The number of hydrogen-bond acceptors (Lipinski definition) is 4. The van der Waals surface area contributed by atoms with Gasteiger partial charge in [-0.15, -0.1) is 0 Å². The summed E-state index contributed by atoms with van der Waals surface area (Å²) < 4.78 is 0. The summed E-state index contributed by atoms with van der Waals surface area (Å²) >= 11 is 0. The van der Waals surface area contributed by atoms with Crippen molar-refractivity contribution >= 4 is 5.91 Å². The highest BCUT2D eigenvalue weighted by molar-refractivity contribution is 5.81. The molecule has 1 amide bonds. The predicted octanol–water partition coefficient (Wildman–Crippen LogP) is 0.472. The molecule has 1 aromatic carbocycles. The molecule has 1 atom stereocenters. The topological polar surface area (TPSA) is 78.6 Å². The summed E-state index contributed by atoms with van der Waals surface area (Å²) in [5.41, 5.74) is 6.83. The maximum absolute atomic E-state index is 11.9. The van der Waals surface area contributed by atoms with Crippen LogP contribution in [0.2, 0.25) is 0 Å². The number of carbonyl (C=O) groups is 1. The van der Waals surface area contributed by atoms with Gasteiger partial charge in [0.15, 0.2) is 0 Å². The normalized spacial score (nSPS) is 16.1. The molecule has 4 N–H and O–H groups in total. The summed E-state index contributed by atoms with van der Waals surface area (Å²) in [6.45, 7) is 1.50. The first-order chi connectivity index (χ1) is 9.56. The van der Waals surface area contributed by atoms with Crippen LogP contribution < -0.4 is 11.1 Å². The number of rotatable bonds is 7. The first-order valence-electron chi connectivity index (χ1n) is 7.07. The Kier molecular flexibility index (Phi) is 4.98. The molecule has 1 aliphatic rings. The van der Waals surface area contributed by atoms with Gasteiger partial charge in [-0.3, -0.25) is 4.79 Å². The number of hydrogen-bond donors (Lipinski definition) is 3. The average molecular weight is 277 g/mol. The molecule has 0 aliphatic heterocycles. The van der Waals surface area contributed by atoms with Gasteiger partial charge in [0, 0.05) is 19.1 Å². The van der Waals surface area contributed by atoms with E-state index in [0.717, 1.165) is 12.1 Å². The van der Waals surface area contributed by atoms with E-state index in [9.17, 15) is 9.90 Å². The van der Waals surface area contributed by atoms with Gasteiger partial charge in [0.2, 0.25) is 5.91 Å². The molecule has 0 radical (unpaired) electrons.